The molecule has 188 valence electrons. The number of hydrogen-bond donors (Lipinski definition) is 4. The van der Waals surface area contributed by atoms with Gasteiger partial charge in [0, 0.05) is 0 Å². The van der Waals surface area contributed by atoms with Crippen LogP contribution in [0.1, 0.15) is 56.7 Å². The van der Waals surface area contributed by atoms with Gasteiger partial charge in [0.2, 0.25) is 5.91 Å². The molecule has 9 nitrogen and oxygen atoms in total. The molecule has 10 heteroatoms. The number of rotatable bonds is 4. The van der Waals surface area contributed by atoms with Gasteiger partial charge in [-0.2, -0.15) is 12.6 Å². The first-order chi connectivity index (χ1) is 16.6. The Balaban J connectivity index is 2.48. The zero-order valence-electron chi connectivity index (χ0n) is 20.4. The minimum Gasteiger partial charge on any atom is -0.456 e. The second-order valence-electron chi connectivity index (χ2n) is 8.44. The molecule has 3 amide bonds. The van der Waals surface area contributed by atoms with Gasteiger partial charge in [0.1, 0.15) is 23.5 Å². The van der Waals surface area contributed by atoms with Crippen molar-refractivity contribution in [2.75, 3.05) is 5.75 Å². The van der Waals surface area contributed by atoms with Crippen LogP contribution >= 0.6 is 12.6 Å². The molecular formula is C25H32N4O5S. The highest BCUT2D eigenvalue weighted by Gasteiger charge is 2.27. The fourth-order valence-electron chi connectivity index (χ4n) is 3.14. The second kappa shape index (κ2) is 13.5. The molecule has 2 heterocycles. The number of fused-ring (bicyclic) bond motifs is 2. The number of cyclic esters (lactones) is 1. The van der Waals surface area contributed by atoms with Crippen LogP contribution < -0.4 is 16.0 Å². The second-order valence-corrected chi connectivity index (χ2v) is 8.88. The largest absolute Gasteiger partial charge is 0.456 e. The lowest BCUT2D eigenvalue weighted by Gasteiger charge is -2.21. The average Bonchev–Trinajstić information content (AvgIpc) is 2.79. The first-order valence-corrected chi connectivity index (χ1v) is 11.9. The van der Waals surface area contributed by atoms with Crippen molar-refractivity contribution in [3.8, 4) is 0 Å². The van der Waals surface area contributed by atoms with E-state index in [1.54, 1.807) is 58.1 Å². The molecule has 1 aliphatic heterocycles. The zero-order valence-corrected chi connectivity index (χ0v) is 21.3. The van der Waals surface area contributed by atoms with Gasteiger partial charge < -0.3 is 20.7 Å². The molecule has 0 saturated carbocycles. The molecule has 0 saturated heterocycles. The highest BCUT2D eigenvalue weighted by atomic mass is 32.1. The van der Waals surface area contributed by atoms with Crippen LogP contribution in [0, 0.1) is 0 Å². The van der Waals surface area contributed by atoms with Gasteiger partial charge in [0.25, 0.3) is 11.8 Å². The monoisotopic (exact) mass is 500 g/mol. The summed E-state index contributed by atoms with van der Waals surface area (Å²) in [5.74, 6) is -1.74. The Bertz CT molecular complexity index is 1060. The maximum atomic E-state index is 13.1. The number of thiol groups is 1. The van der Waals surface area contributed by atoms with Crippen LogP contribution in [0.2, 0.25) is 0 Å². The van der Waals surface area contributed by atoms with Crippen LogP contribution in [0.5, 0.6) is 0 Å². The van der Waals surface area contributed by atoms with Crippen molar-refractivity contribution in [3.05, 3.63) is 64.7 Å². The van der Waals surface area contributed by atoms with Crippen LogP contribution in [0.25, 0.3) is 0 Å². The number of aromatic nitrogens is 1. The van der Waals surface area contributed by atoms with Gasteiger partial charge >= 0.3 is 5.97 Å². The summed E-state index contributed by atoms with van der Waals surface area (Å²) in [6, 6.07) is 3.69. The summed E-state index contributed by atoms with van der Waals surface area (Å²) in [4.78, 5) is 55.8. The van der Waals surface area contributed by atoms with Crippen molar-refractivity contribution in [2.45, 2.75) is 59.2 Å². The number of carbonyl (C=O) groups excluding carboxylic acids is 4. The van der Waals surface area contributed by atoms with Crippen molar-refractivity contribution in [3.63, 3.8) is 0 Å². The molecule has 1 aliphatic rings. The molecule has 1 aromatic heterocycles. The standard InChI is InChI=1S/C25H32N4O5S/c1-15(2)12-20-25(33)34-18(9-5-6-11-35)13-21(30)26-14-17-8-7-10-19(27-17)23(31)29-22(16(3)4)24(32)28-20/h5,7-10,12,18,20,35H,6,11,13-14H2,1-4H3,(H,26,30)(H,28,32)(H,29,31)/b9-5+/t18-,20?/m1/s1. The summed E-state index contributed by atoms with van der Waals surface area (Å²) in [6.45, 7) is 6.97. The molecule has 0 radical (unpaired) electrons. The molecule has 2 rings (SSSR count). The first kappa shape index (κ1) is 27.8. The lowest BCUT2D eigenvalue weighted by atomic mass is 10.1. The van der Waals surface area contributed by atoms with Gasteiger partial charge in [-0.05, 0) is 63.7 Å². The molecular weight excluding hydrogens is 468 g/mol. The van der Waals surface area contributed by atoms with E-state index in [2.05, 4.69) is 33.6 Å². The number of nitrogens with one attached hydrogen (secondary N) is 3. The maximum absolute atomic E-state index is 13.1. The lowest BCUT2D eigenvalue weighted by Crippen LogP contribution is -2.45. The van der Waals surface area contributed by atoms with Gasteiger partial charge in [-0.15, -0.1) is 0 Å². The third-order valence-corrected chi connectivity index (χ3v) is 5.07. The molecule has 0 aliphatic carbocycles. The van der Waals surface area contributed by atoms with Crippen molar-refractivity contribution in [1.29, 1.82) is 0 Å². The smallest absolute Gasteiger partial charge is 0.333 e. The number of esters is 1. The highest BCUT2D eigenvalue weighted by molar-refractivity contribution is 7.80. The van der Waals surface area contributed by atoms with Gasteiger partial charge in [-0.3, -0.25) is 14.4 Å². The predicted octanol–water partition coefficient (Wildman–Crippen LogP) is 2.36. The van der Waals surface area contributed by atoms with Crippen molar-refractivity contribution < 1.29 is 23.9 Å². The Morgan fingerprint density at radius 1 is 1.14 bits per heavy atom. The van der Waals surface area contributed by atoms with Crippen LogP contribution in [0.15, 0.2) is 53.3 Å². The highest BCUT2D eigenvalue weighted by Crippen LogP contribution is 2.10. The molecule has 1 aromatic rings. The van der Waals surface area contributed by atoms with Gasteiger partial charge in [0.15, 0.2) is 0 Å². The van der Waals surface area contributed by atoms with E-state index in [0.717, 1.165) is 5.57 Å². The van der Waals surface area contributed by atoms with Gasteiger partial charge in [-0.1, -0.05) is 23.8 Å². The van der Waals surface area contributed by atoms with E-state index in [4.69, 9.17) is 4.74 Å². The number of ether oxygens (including phenoxy) is 1. The number of nitrogens with zero attached hydrogens (tertiary/aromatic N) is 1. The average molecular weight is 501 g/mol. The topological polar surface area (TPSA) is 126 Å². The third-order valence-electron chi connectivity index (χ3n) is 4.81. The molecule has 2 atom stereocenters. The fraction of sp³-hybridized carbons (Fsp3) is 0.400. The zero-order chi connectivity index (χ0) is 26.0. The molecule has 3 N–H and O–H groups in total. The summed E-state index contributed by atoms with van der Waals surface area (Å²) in [5.41, 5.74) is 1.86. The third kappa shape index (κ3) is 9.05. The van der Waals surface area contributed by atoms with E-state index in [9.17, 15) is 19.2 Å². The minimum atomic E-state index is -1.13. The summed E-state index contributed by atoms with van der Waals surface area (Å²) < 4.78 is 5.60. The van der Waals surface area contributed by atoms with Crippen LogP contribution in [-0.2, 0) is 25.7 Å². The van der Waals surface area contributed by atoms with E-state index in [1.807, 2.05) is 0 Å². The maximum Gasteiger partial charge on any atom is 0.333 e. The normalized spacial score (nSPS) is 20.0. The fourth-order valence-corrected chi connectivity index (χ4v) is 3.29. The van der Waals surface area contributed by atoms with E-state index >= 15 is 0 Å². The lowest BCUT2D eigenvalue weighted by molar-refractivity contribution is -0.150. The number of hydrogen-bond acceptors (Lipinski definition) is 7. The SMILES string of the molecule is CC(C)=CC1NC(=O)C(=C(C)C)NC(=O)c2cccc(n2)CNC(=O)C[C@@H](/C=C/CCS)OC1=O. The van der Waals surface area contributed by atoms with Crippen LogP contribution in [-0.4, -0.2) is 46.6 Å². The summed E-state index contributed by atoms with van der Waals surface area (Å²) in [7, 11) is 0. The van der Waals surface area contributed by atoms with Crippen molar-refractivity contribution >= 4 is 36.3 Å². The summed E-state index contributed by atoms with van der Waals surface area (Å²) in [6.07, 6.45) is 4.64. The molecule has 0 spiro atoms. The Morgan fingerprint density at radius 2 is 1.89 bits per heavy atom. The summed E-state index contributed by atoms with van der Waals surface area (Å²) >= 11 is 4.17. The molecule has 0 fully saturated rings. The molecule has 2 bridgehead atoms. The Labute approximate surface area is 210 Å². The van der Waals surface area contributed by atoms with Crippen molar-refractivity contribution in [2.24, 2.45) is 0 Å². The molecule has 1 unspecified atom stereocenters. The van der Waals surface area contributed by atoms with Crippen LogP contribution in [0.4, 0.5) is 0 Å². The summed E-state index contributed by atoms with van der Waals surface area (Å²) in [5, 5.41) is 7.94. The number of amides is 3. The predicted molar refractivity (Wildman–Crippen MR) is 135 cm³/mol. The molecule has 0 aromatic carbocycles. The minimum absolute atomic E-state index is 0.00720. The van der Waals surface area contributed by atoms with E-state index in [-0.39, 0.29) is 30.3 Å². The number of carbonyl (C=O) groups is 4. The van der Waals surface area contributed by atoms with E-state index < -0.39 is 29.9 Å². The van der Waals surface area contributed by atoms with Crippen LogP contribution in [0.3, 0.4) is 0 Å². The number of allylic oxidation sites excluding steroid dienone is 3. The Hall–Kier alpha value is -3.40. The van der Waals surface area contributed by atoms with E-state index in [1.165, 1.54) is 6.07 Å². The molecule has 35 heavy (non-hydrogen) atoms. The van der Waals surface area contributed by atoms with E-state index in [0.29, 0.717) is 23.4 Å². The Morgan fingerprint density at radius 3 is 2.54 bits per heavy atom. The van der Waals surface area contributed by atoms with Gasteiger partial charge in [0.05, 0.1) is 18.7 Å². The van der Waals surface area contributed by atoms with Gasteiger partial charge in [-0.25, -0.2) is 9.78 Å². The Kier molecular flexibility index (Phi) is 10.7. The number of pyridine rings is 1. The quantitative estimate of drug-likeness (QED) is 0.218. The van der Waals surface area contributed by atoms with Crippen molar-refractivity contribution in [1.82, 2.24) is 20.9 Å². The first-order valence-electron chi connectivity index (χ1n) is 11.3.